The Morgan fingerprint density at radius 2 is 1.65 bits per heavy atom. The summed E-state index contributed by atoms with van der Waals surface area (Å²) in [6.07, 6.45) is -0.302. The maximum absolute atomic E-state index is 13.9. The fraction of sp³-hybridized carbons (Fsp3) is 0.231. The molecular weight excluding hydrogens is 454 g/mol. The summed E-state index contributed by atoms with van der Waals surface area (Å²) in [7, 11) is 0. The molecule has 7 nitrogen and oxygen atoms in total. The molecule has 0 unspecified atom stereocenters. The minimum Gasteiger partial charge on any atom is -0.478 e. The molecule has 8 heteroatoms. The van der Waals surface area contributed by atoms with E-state index in [-0.39, 0.29) is 17.4 Å². The summed E-state index contributed by atoms with van der Waals surface area (Å²) >= 11 is 6.31. The van der Waals surface area contributed by atoms with E-state index in [4.69, 9.17) is 11.6 Å². The molecule has 34 heavy (non-hydrogen) atoms. The van der Waals surface area contributed by atoms with Crippen LogP contribution in [0, 0.1) is 0 Å². The predicted molar refractivity (Wildman–Crippen MR) is 133 cm³/mol. The number of hydrogen-bond donors (Lipinski definition) is 2. The van der Waals surface area contributed by atoms with Crippen molar-refractivity contribution in [2.75, 3.05) is 18.0 Å². The highest BCUT2D eigenvalue weighted by atomic mass is 35.5. The van der Waals surface area contributed by atoms with Gasteiger partial charge in [-0.3, -0.25) is 9.13 Å². The number of aliphatic hydroxyl groups is 1. The molecule has 1 aromatic heterocycles. The quantitative estimate of drug-likeness (QED) is 0.451. The molecular formula is C26H24ClN3O4. The Morgan fingerprint density at radius 3 is 2.29 bits per heavy atom. The average molecular weight is 478 g/mol. The normalized spacial score (nSPS) is 14.4. The summed E-state index contributed by atoms with van der Waals surface area (Å²) < 4.78 is 3.30. The Labute approximate surface area is 201 Å². The Morgan fingerprint density at radius 1 is 0.971 bits per heavy atom. The van der Waals surface area contributed by atoms with Gasteiger partial charge in [-0.1, -0.05) is 23.7 Å². The highest BCUT2D eigenvalue weighted by Gasteiger charge is 2.30. The Balaban J connectivity index is 1.68. The molecule has 1 saturated heterocycles. The molecule has 0 aliphatic carbocycles. The third kappa shape index (κ3) is 3.57. The number of carboxylic acids is 1. The number of carboxylic acid groups (broad SMARTS) is 1. The molecule has 174 valence electrons. The maximum Gasteiger partial charge on any atom is 0.335 e. The van der Waals surface area contributed by atoms with Gasteiger partial charge in [0, 0.05) is 23.8 Å². The third-order valence-corrected chi connectivity index (χ3v) is 6.75. The van der Waals surface area contributed by atoms with E-state index in [1.165, 1.54) is 6.07 Å². The Hall–Kier alpha value is -3.55. The van der Waals surface area contributed by atoms with Gasteiger partial charge in [0.15, 0.2) is 0 Å². The molecule has 1 aliphatic heterocycles. The van der Waals surface area contributed by atoms with Crippen LogP contribution < -0.4 is 10.6 Å². The predicted octanol–water partition coefficient (Wildman–Crippen LogP) is 4.11. The van der Waals surface area contributed by atoms with Gasteiger partial charge in [-0.15, -0.1) is 0 Å². The van der Waals surface area contributed by atoms with Crippen molar-refractivity contribution in [1.82, 2.24) is 9.13 Å². The van der Waals surface area contributed by atoms with Crippen LogP contribution in [0.3, 0.4) is 0 Å². The molecule has 0 bridgehead atoms. The van der Waals surface area contributed by atoms with E-state index < -0.39 is 11.5 Å². The third-order valence-electron chi connectivity index (χ3n) is 6.51. The molecule has 1 aliphatic rings. The van der Waals surface area contributed by atoms with Gasteiger partial charge in [0.1, 0.15) is 0 Å². The van der Waals surface area contributed by atoms with Crippen molar-refractivity contribution < 1.29 is 15.0 Å². The molecule has 5 rings (SSSR count). The van der Waals surface area contributed by atoms with Crippen LogP contribution in [0.4, 0.5) is 5.69 Å². The maximum atomic E-state index is 13.9. The van der Waals surface area contributed by atoms with Crippen LogP contribution >= 0.6 is 11.6 Å². The lowest BCUT2D eigenvalue weighted by atomic mass is 9.92. The molecule has 4 aromatic rings. The summed E-state index contributed by atoms with van der Waals surface area (Å²) in [6.45, 7) is 4.98. The average Bonchev–Trinajstić information content (AvgIpc) is 3.08. The molecule has 0 saturated carbocycles. The number of anilines is 1. The molecule has 1 fully saturated rings. The molecule has 0 radical (unpaired) electrons. The van der Waals surface area contributed by atoms with Crippen LogP contribution in [0.1, 0.15) is 29.8 Å². The van der Waals surface area contributed by atoms with Gasteiger partial charge in [-0.25, -0.2) is 9.59 Å². The van der Waals surface area contributed by atoms with Gasteiger partial charge in [-0.2, -0.15) is 0 Å². The Kier molecular flexibility index (Phi) is 5.26. The number of β-amino-alcohol motifs (C(OH)–C–C–N with tert-alkyl or cyclic N) is 1. The first-order valence-electron chi connectivity index (χ1n) is 11.0. The summed E-state index contributed by atoms with van der Waals surface area (Å²) in [4.78, 5) is 27.5. The van der Waals surface area contributed by atoms with Crippen LogP contribution in [-0.4, -0.2) is 44.5 Å². The van der Waals surface area contributed by atoms with Crippen LogP contribution in [0.15, 0.2) is 71.5 Å². The lowest BCUT2D eigenvalue weighted by Crippen LogP contribution is -2.50. The van der Waals surface area contributed by atoms with Crippen molar-refractivity contribution in [3.05, 3.63) is 93.4 Å². The van der Waals surface area contributed by atoms with Crippen molar-refractivity contribution in [3.63, 3.8) is 0 Å². The largest absolute Gasteiger partial charge is 0.478 e. The van der Waals surface area contributed by atoms with Crippen molar-refractivity contribution in [3.8, 4) is 5.69 Å². The van der Waals surface area contributed by atoms with Crippen LogP contribution in [0.2, 0.25) is 5.02 Å². The number of halogens is 1. The van der Waals surface area contributed by atoms with E-state index in [0.29, 0.717) is 40.4 Å². The first kappa shape index (κ1) is 22.3. The van der Waals surface area contributed by atoms with E-state index in [1.54, 1.807) is 33.4 Å². The summed E-state index contributed by atoms with van der Waals surface area (Å²) in [5, 5.41) is 19.5. The molecule has 0 atom stereocenters. The van der Waals surface area contributed by atoms with Crippen molar-refractivity contribution >= 4 is 34.3 Å². The van der Waals surface area contributed by atoms with E-state index in [1.807, 2.05) is 50.2 Å². The topological polar surface area (TPSA) is 87.7 Å². The summed E-state index contributed by atoms with van der Waals surface area (Å²) in [5.41, 5.74) is 2.79. The molecule has 0 spiro atoms. The SMILES string of the molecule is CC(C)(c1cccc(C(=O)O)c1)n1c(=O)n(-c2ccc(N3CC(O)C3)cc2)c2cc(Cl)ccc21. The van der Waals surface area contributed by atoms with Crippen molar-refractivity contribution in [2.45, 2.75) is 25.5 Å². The standard InChI is InChI=1S/C26H24ClN3O4/c1-26(2,17-5-3-4-16(12-17)24(32)33)30-22-11-6-18(27)13-23(22)29(25(30)34)20-9-7-19(8-10-20)28-14-21(31)15-28/h3-13,21,31H,14-15H2,1-2H3,(H,32,33). The van der Waals surface area contributed by atoms with Crippen molar-refractivity contribution in [2.24, 2.45) is 0 Å². The number of imidazole rings is 1. The Bertz CT molecular complexity index is 1460. The van der Waals surface area contributed by atoms with Crippen molar-refractivity contribution in [1.29, 1.82) is 0 Å². The van der Waals surface area contributed by atoms with Gasteiger partial charge in [-0.05, 0) is 74.0 Å². The van der Waals surface area contributed by atoms with E-state index in [9.17, 15) is 19.8 Å². The number of aromatic nitrogens is 2. The van der Waals surface area contributed by atoms with Crippen LogP contribution in [-0.2, 0) is 5.54 Å². The number of rotatable bonds is 5. The lowest BCUT2D eigenvalue weighted by molar-refractivity contribution is 0.0696. The molecule has 0 amide bonds. The number of nitrogens with zero attached hydrogens (tertiary/aromatic N) is 3. The number of aliphatic hydroxyl groups excluding tert-OH is 1. The van der Waals surface area contributed by atoms with Gasteiger partial charge in [0.05, 0.1) is 33.9 Å². The zero-order valence-electron chi connectivity index (χ0n) is 18.8. The number of carbonyl (C=O) groups is 1. The second-order valence-electron chi connectivity index (χ2n) is 9.11. The van der Waals surface area contributed by atoms with Crippen LogP contribution in [0.5, 0.6) is 0 Å². The monoisotopic (exact) mass is 477 g/mol. The summed E-state index contributed by atoms with van der Waals surface area (Å²) in [5.74, 6) is -1.02. The van der Waals surface area contributed by atoms with E-state index >= 15 is 0 Å². The molecule has 3 aromatic carbocycles. The van der Waals surface area contributed by atoms with E-state index in [0.717, 1.165) is 5.69 Å². The number of hydrogen-bond acceptors (Lipinski definition) is 4. The van der Waals surface area contributed by atoms with Gasteiger partial charge < -0.3 is 15.1 Å². The summed E-state index contributed by atoms with van der Waals surface area (Å²) in [6, 6.07) is 19.6. The zero-order valence-corrected chi connectivity index (χ0v) is 19.5. The number of aromatic carboxylic acids is 1. The van der Waals surface area contributed by atoms with E-state index in [2.05, 4.69) is 4.90 Å². The molecule has 2 heterocycles. The fourth-order valence-electron chi connectivity index (χ4n) is 4.60. The minimum atomic E-state index is -1.02. The van der Waals surface area contributed by atoms with Gasteiger partial charge in [0.2, 0.25) is 0 Å². The first-order valence-corrected chi connectivity index (χ1v) is 11.4. The second kappa shape index (κ2) is 8.04. The minimum absolute atomic E-state index is 0.164. The molecule has 2 N–H and O–H groups in total. The van der Waals surface area contributed by atoms with Crippen LogP contribution in [0.25, 0.3) is 16.7 Å². The van der Waals surface area contributed by atoms with Gasteiger partial charge in [0.25, 0.3) is 0 Å². The zero-order chi connectivity index (χ0) is 24.2. The highest BCUT2D eigenvalue weighted by Crippen LogP contribution is 2.32. The number of benzene rings is 3. The highest BCUT2D eigenvalue weighted by molar-refractivity contribution is 6.31. The lowest BCUT2D eigenvalue weighted by Gasteiger charge is -2.37. The van der Waals surface area contributed by atoms with Gasteiger partial charge >= 0.3 is 11.7 Å². The second-order valence-corrected chi connectivity index (χ2v) is 9.54. The fourth-order valence-corrected chi connectivity index (χ4v) is 4.77. The smallest absolute Gasteiger partial charge is 0.335 e. The number of fused-ring (bicyclic) bond motifs is 1. The first-order chi connectivity index (χ1) is 16.2.